The minimum absolute atomic E-state index is 0.171. The van der Waals surface area contributed by atoms with Gasteiger partial charge in [0.2, 0.25) is 0 Å². The van der Waals surface area contributed by atoms with Gasteiger partial charge in [-0.2, -0.15) is 0 Å². The third-order valence-electron chi connectivity index (χ3n) is 2.32. The average Bonchev–Trinajstić information content (AvgIpc) is 2.28. The minimum Gasteiger partial charge on any atom is -0.249 e. The van der Waals surface area contributed by atoms with Gasteiger partial charge in [-0.3, -0.25) is 0 Å². The zero-order valence-corrected chi connectivity index (χ0v) is 12.9. The molecule has 1 aromatic rings. The van der Waals surface area contributed by atoms with E-state index in [9.17, 15) is 13.0 Å². The normalized spacial score (nSPS) is 15.4. The Balaban J connectivity index is 2.97. The molecule has 1 rings (SSSR count). The van der Waals surface area contributed by atoms with Crippen LogP contribution in [0.1, 0.15) is 32.4 Å². The molecule has 1 N–H and O–H groups in total. The fourth-order valence-electron chi connectivity index (χ4n) is 1.27. The number of benzene rings is 1. The summed E-state index contributed by atoms with van der Waals surface area (Å²) >= 11 is 3.05. The molecule has 0 bridgehead atoms. The van der Waals surface area contributed by atoms with E-state index in [1.54, 1.807) is 26.8 Å². The Morgan fingerprint density at radius 3 is 2.56 bits per heavy atom. The van der Waals surface area contributed by atoms with Gasteiger partial charge in [-0.05, 0) is 42.8 Å². The highest BCUT2D eigenvalue weighted by Crippen LogP contribution is 2.25. The van der Waals surface area contributed by atoms with Gasteiger partial charge >= 0.3 is 0 Å². The lowest BCUT2D eigenvalue weighted by Gasteiger charge is -2.23. The van der Waals surface area contributed by atoms with Crippen molar-refractivity contribution < 1.29 is 13.0 Å². The van der Waals surface area contributed by atoms with E-state index in [-0.39, 0.29) is 10.0 Å². The fourth-order valence-corrected chi connectivity index (χ4v) is 2.46. The van der Waals surface area contributed by atoms with Crippen LogP contribution in [0.15, 0.2) is 22.7 Å². The molecule has 102 valence electrons. The Bertz CT molecular complexity index is 448. The van der Waals surface area contributed by atoms with Crippen molar-refractivity contribution in [3.05, 3.63) is 34.1 Å². The van der Waals surface area contributed by atoms with Crippen LogP contribution in [0.3, 0.4) is 0 Å². The molecule has 2 atom stereocenters. The molecule has 0 spiro atoms. The molecule has 0 aliphatic heterocycles. The van der Waals surface area contributed by atoms with Crippen LogP contribution < -0.4 is 4.72 Å². The van der Waals surface area contributed by atoms with E-state index in [2.05, 4.69) is 20.7 Å². The fraction of sp³-hybridized carbons (Fsp3) is 0.500. The summed E-state index contributed by atoms with van der Waals surface area (Å²) in [6.45, 7) is 4.48. The van der Waals surface area contributed by atoms with Gasteiger partial charge in [0.25, 0.3) is 0 Å². The monoisotopic (exact) mass is 339 g/mol. The predicted molar refractivity (Wildman–Crippen MR) is 73.8 cm³/mol. The van der Waals surface area contributed by atoms with Crippen LogP contribution in [-0.2, 0) is 11.0 Å². The predicted octanol–water partition coefficient (Wildman–Crippen LogP) is 3.65. The van der Waals surface area contributed by atoms with E-state index in [1.807, 2.05) is 0 Å². The van der Waals surface area contributed by atoms with Gasteiger partial charge < -0.3 is 0 Å². The molecule has 18 heavy (non-hydrogen) atoms. The Labute approximate surface area is 117 Å². The summed E-state index contributed by atoms with van der Waals surface area (Å²) in [5.41, 5.74) is 0.171. The minimum atomic E-state index is -1.45. The quantitative estimate of drug-likeness (QED) is 0.891. The Morgan fingerprint density at radius 2 is 2.06 bits per heavy atom. The van der Waals surface area contributed by atoms with Crippen LogP contribution >= 0.6 is 15.9 Å². The van der Waals surface area contributed by atoms with Crippen molar-refractivity contribution in [2.45, 2.75) is 31.6 Å². The van der Waals surface area contributed by atoms with Crippen LogP contribution in [0.2, 0.25) is 0 Å². The molecule has 2 unspecified atom stereocenters. The molecule has 0 fully saturated rings. The van der Waals surface area contributed by atoms with Gasteiger partial charge in [0, 0.05) is 5.56 Å². The molecule has 0 aliphatic carbocycles. The molecule has 0 saturated heterocycles. The van der Waals surface area contributed by atoms with Gasteiger partial charge in [0.05, 0.1) is 26.2 Å². The maximum atomic E-state index is 13.8. The van der Waals surface area contributed by atoms with Gasteiger partial charge in [0.15, 0.2) is 0 Å². The van der Waals surface area contributed by atoms with E-state index in [0.717, 1.165) is 0 Å². The largest absolute Gasteiger partial charge is 0.249 e. The molecule has 0 amide bonds. The van der Waals surface area contributed by atoms with E-state index in [1.165, 1.54) is 12.1 Å². The first kappa shape index (κ1) is 15.7. The zero-order chi connectivity index (χ0) is 13.9. The number of rotatable bonds is 4. The third-order valence-corrected chi connectivity index (χ3v) is 4.54. The van der Waals surface area contributed by atoms with E-state index >= 15 is 0 Å². The molecule has 0 saturated carbocycles. The van der Waals surface area contributed by atoms with Crippen LogP contribution in [0, 0.1) is 5.82 Å². The lowest BCUT2D eigenvalue weighted by molar-refractivity contribution is 0.407. The highest BCUT2D eigenvalue weighted by Gasteiger charge is 2.25. The summed E-state index contributed by atoms with van der Waals surface area (Å²) in [5, 5.41) is 0. The summed E-state index contributed by atoms with van der Waals surface area (Å²) < 4.78 is 41.1. The van der Waals surface area contributed by atoms with Crippen molar-refractivity contribution in [1.82, 2.24) is 4.72 Å². The highest BCUT2D eigenvalue weighted by molar-refractivity contribution is 9.10. The van der Waals surface area contributed by atoms with Gasteiger partial charge in [0.1, 0.15) is 12.5 Å². The number of halogens is 3. The summed E-state index contributed by atoms with van der Waals surface area (Å²) in [7, 11) is -1.45. The van der Waals surface area contributed by atoms with Crippen molar-refractivity contribution in [1.29, 1.82) is 0 Å². The maximum Gasteiger partial charge on any atom is 0.142 e. The highest BCUT2D eigenvalue weighted by atomic mass is 79.9. The first-order valence-corrected chi connectivity index (χ1v) is 7.39. The number of hydrogen-bond donors (Lipinski definition) is 1. The molecule has 0 aromatic heterocycles. The summed E-state index contributed by atoms with van der Waals surface area (Å²) in [6.07, 6.45) is 0. The standard InChI is InChI=1S/C12H16BrF2NOS/c1-12(2,3)18(17)16-10(7-14)8-5-4-6-9(13)11(8)15/h4-6,10,16H,7H2,1-3H3. The molecule has 0 aliphatic rings. The van der Waals surface area contributed by atoms with Crippen LogP contribution in [0.25, 0.3) is 0 Å². The Kier molecular flexibility index (Phi) is 5.43. The van der Waals surface area contributed by atoms with Gasteiger partial charge in [-0.25, -0.2) is 17.7 Å². The van der Waals surface area contributed by atoms with Crippen molar-refractivity contribution in [3.63, 3.8) is 0 Å². The van der Waals surface area contributed by atoms with Crippen molar-refractivity contribution in [2.24, 2.45) is 0 Å². The summed E-state index contributed by atoms with van der Waals surface area (Å²) in [4.78, 5) is 0. The van der Waals surface area contributed by atoms with Crippen LogP contribution in [0.5, 0.6) is 0 Å². The van der Waals surface area contributed by atoms with Crippen LogP contribution in [-0.4, -0.2) is 15.6 Å². The van der Waals surface area contributed by atoms with E-state index in [0.29, 0.717) is 0 Å². The third kappa shape index (κ3) is 3.83. The molecule has 6 heteroatoms. The second kappa shape index (κ2) is 6.21. The average molecular weight is 340 g/mol. The second-order valence-electron chi connectivity index (χ2n) is 4.85. The topological polar surface area (TPSA) is 29.1 Å². The first-order valence-electron chi connectivity index (χ1n) is 5.45. The zero-order valence-electron chi connectivity index (χ0n) is 10.5. The summed E-state index contributed by atoms with van der Waals surface area (Å²) in [5.74, 6) is -0.529. The number of alkyl halides is 1. The number of nitrogens with one attached hydrogen (secondary N) is 1. The smallest absolute Gasteiger partial charge is 0.142 e. The van der Waals surface area contributed by atoms with Gasteiger partial charge in [-0.15, -0.1) is 0 Å². The van der Waals surface area contributed by atoms with Crippen molar-refractivity contribution in [3.8, 4) is 0 Å². The summed E-state index contributed by atoms with van der Waals surface area (Å²) in [6, 6.07) is 3.72. The lowest BCUT2D eigenvalue weighted by Crippen LogP contribution is -2.36. The first-order chi connectivity index (χ1) is 8.27. The SMILES string of the molecule is CC(C)(C)S(=O)NC(CF)c1cccc(Br)c1F. The Hall–Kier alpha value is -0.330. The number of hydrogen-bond acceptors (Lipinski definition) is 1. The lowest BCUT2D eigenvalue weighted by atomic mass is 10.1. The van der Waals surface area contributed by atoms with E-state index in [4.69, 9.17) is 0 Å². The molecule has 2 nitrogen and oxygen atoms in total. The van der Waals surface area contributed by atoms with Crippen molar-refractivity contribution in [2.75, 3.05) is 6.67 Å². The van der Waals surface area contributed by atoms with Crippen molar-refractivity contribution >= 4 is 26.9 Å². The molecule has 0 radical (unpaired) electrons. The van der Waals surface area contributed by atoms with E-state index < -0.39 is 34.3 Å². The molecule has 1 aromatic carbocycles. The Morgan fingerprint density at radius 1 is 1.44 bits per heavy atom. The van der Waals surface area contributed by atoms with Crippen LogP contribution in [0.4, 0.5) is 8.78 Å². The maximum absolute atomic E-state index is 13.8. The second-order valence-corrected chi connectivity index (χ2v) is 7.70. The molecular weight excluding hydrogens is 324 g/mol. The molecular formula is C12H16BrF2NOS. The van der Waals surface area contributed by atoms with Gasteiger partial charge in [-0.1, -0.05) is 12.1 Å². The molecule has 0 heterocycles.